The van der Waals surface area contributed by atoms with E-state index in [1.165, 1.54) is 32.0 Å². The zero-order valence-electron chi connectivity index (χ0n) is 10.7. The van der Waals surface area contributed by atoms with Gasteiger partial charge >= 0.3 is 0 Å². The Kier molecular flexibility index (Phi) is 3.46. The molecule has 0 atom stereocenters. The number of nitrogen functional groups attached to an aromatic ring is 1. The fraction of sp³-hybridized carbons (Fsp3) is 0.429. The van der Waals surface area contributed by atoms with Crippen LogP contribution in [0.5, 0.6) is 0 Å². The van der Waals surface area contributed by atoms with Crippen LogP contribution in [0.1, 0.15) is 25.7 Å². The molecule has 3 N–H and O–H groups in total. The summed E-state index contributed by atoms with van der Waals surface area (Å²) in [6.07, 6.45) is 6.81. The number of nitrogens with two attached hydrogens (primary N) is 1. The van der Waals surface area contributed by atoms with Gasteiger partial charge in [0.25, 0.3) is 5.56 Å². The maximum absolute atomic E-state index is 11.7. The highest BCUT2D eigenvalue weighted by Crippen LogP contribution is 2.34. The number of nitrogens with zero attached hydrogens (tertiary/aromatic N) is 1. The number of benzene rings is 1. The molecule has 1 aliphatic rings. The molecule has 1 fully saturated rings. The second kappa shape index (κ2) is 5.25. The van der Waals surface area contributed by atoms with Crippen LogP contribution in [0, 0.1) is 5.92 Å². The van der Waals surface area contributed by atoms with Crippen LogP contribution < -0.4 is 11.3 Å². The molecule has 0 amide bonds. The van der Waals surface area contributed by atoms with E-state index in [-0.39, 0.29) is 5.56 Å². The van der Waals surface area contributed by atoms with Gasteiger partial charge in [-0.15, -0.1) is 11.8 Å². The maximum Gasteiger partial charge on any atom is 0.258 e. The molecule has 1 saturated carbocycles. The van der Waals surface area contributed by atoms with E-state index in [1.54, 1.807) is 17.8 Å². The summed E-state index contributed by atoms with van der Waals surface area (Å²) in [5.74, 6) is 1.92. The predicted octanol–water partition coefficient (Wildman–Crippen LogP) is 2.79. The summed E-state index contributed by atoms with van der Waals surface area (Å²) in [6, 6.07) is 3.66. The van der Waals surface area contributed by atoms with Crippen LogP contribution >= 0.6 is 11.8 Å². The molecule has 19 heavy (non-hydrogen) atoms. The smallest absolute Gasteiger partial charge is 0.258 e. The lowest BCUT2D eigenvalue weighted by Crippen LogP contribution is -2.07. The average molecular weight is 275 g/mol. The van der Waals surface area contributed by atoms with Crippen LogP contribution in [0.3, 0.4) is 0 Å². The maximum atomic E-state index is 11.7. The van der Waals surface area contributed by atoms with Gasteiger partial charge in [-0.2, -0.15) is 0 Å². The lowest BCUT2D eigenvalue weighted by atomic mass is 10.1. The number of H-pyrrole nitrogens is 1. The molecule has 2 aromatic rings. The molecule has 0 aliphatic heterocycles. The van der Waals surface area contributed by atoms with Crippen molar-refractivity contribution in [2.24, 2.45) is 5.92 Å². The third-order valence-corrected chi connectivity index (χ3v) is 5.02. The molecule has 0 radical (unpaired) electrons. The number of hydrogen-bond donors (Lipinski definition) is 2. The van der Waals surface area contributed by atoms with Crippen LogP contribution in [0.25, 0.3) is 10.9 Å². The van der Waals surface area contributed by atoms with E-state index in [0.29, 0.717) is 16.6 Å². The van der Waals surface area contributed by atoms with E-state index < -0.39 is 0 Å². The number of thioether (sulfide) groups is 1. The summed E-state index contributed by atoms with van der Waals surface area (Å²) in [5, 5.41) is 0.560. The van der Waals surface area contributed by atoms with Gasteiger partial charge in [0.05, 0.1) is 17.2 Å². The Balaban J connectivity index is 1.86. The Morgan fingerprint density at radius 2 is 2.16 bits per heavy atom. The zero-order valence-corrected chi connectivity index (χ0v) is 11.5. The molecule has 1 aromatic heterocycles. The second-order valence-electron chi connectivity index (χ2n) is 5.10. The van der Waals surface area contributed by atoms with Gasteiger partial charge in [-0.25, -0.2) is 4.98 Å². The largest absolute Gasteiger partial charge is 0.398 e. The molecule has 1 heterocycles. The van der Waals surface area contributed by atoms with Gasteiger partial charge in [-0.3, -0.25) is 4.79 Å². The molecule has 100 valence electrons. The summed E-state index contributed by atoms with van der Waals surface area (Å²) >= 11 is 1.79. The first-order chi connectivity index (χ1) is 9.24. The van der Waals surface area contributed by atoms with Crippen molar-refractivity contribution >= 4 is 28.4 Å². The summed E-state index contributed by atoms with van der Waals surface area (Å²) in [5.41, 5.74) is 7.29. The van der Waals surface area contributed by atoms with Gasteiger partial charge in [0.2, 0.25) is 0 Å². The average Bonchev–Trinajstić information content (AvgIpc) is 2.91. The molecular weight excluding hydrogens is 258 g/mol. The second-order valence-corrected chi connectivity index (χ2v) is 6.16. The van der Waals surface area contributed by atoms with Crippen molar-refractivity contribution in [1.29, 1.82) is 0 Å². The predicted molar refractivity (Wildman–Crippen MR) is 79.5 cm³/mol. The highest BCUT2D eigenvalue weighted by atomic mass is 32.2. The minimum atomic E-state index is -0.135. The van der Waals surface area contributed by atoms with E-state index in [2.05, 4.69) is 9.97 Å². The molecule has 0 bridgehead atoms. The van der Waals surface area contributed by atoms with Crippen LogP contribution in [0.15, 0.2) is 28.2 Å². The van der Waals surface area contributed by atoms with Crippen molar-refractivity contribution in [3.05, 3.63) is 28.8 Å². The van der Waals surface area contributed by atoms with E-state index in [1.807, 2.05) is 6.07 Å². The third kappa shape index (κ3) is 2.61. The normalized spacial score (nSPS) is 16.2. The van der Waals surface area contributed by atoms with Crippen molar-refractivity contribution in [1.82, 2.24) is 9.97 Å². The minimum Gasteiger partial charge on any atom is -0.398 e. The first-order valence-electron chi connectivity index (χ1n) is 6.64. The van der Waals surface area contributed by atoms with Crippen molar-refractivity contribution in [2.75, 3.05) is 11.5 Å². The van der Waals surface area contributed by atoms with Crippen LogP contribution in [-0.4, -0.2) is 15.7 Å². The summed E-state index contributed by atoms with van der Waals surface area (Å²) in [7, 11) is 0. The Morgan fingerprint density at radius 3 is 2.95 bits per heavy atom. The minimum absolute atomic E-state index is 0.135. The topological polar surface area (TPSA) is 71.8 Å². The van der Waals surface area contributed by atoms with Crippen molar-refractivity contribution in [3.8, 4) is 0 Å². The first-order valence-corrected chi connectivity index (χ1v) is 7.62. The van der Waals surface area contributed by atoms with Crippen LogP contribution in [0.4, 0.5) is 5.69 Å². The third-order valence-electron chi connectivity index (χ3n) is 3.72. The standard InChI is InChI=1S/C14H17N3OS/c15-11-5-10-12(16-8-17-14(10)18)6-13(11)19-7-9-3-1-2-4-9/h5-6,8-9H,1-4,7,15H2,(H,16,17,18). The van der Waals surface area contributed by atoms with Gasteiger partial charge in [0.15, 0.2) is 0 Å². The van der Waals surface area contributed by atoms with E-state index in [9.17, 15) is 4.79 Å². The van der Waals surface area contributed by atoms with Gasteiger partial charge in [0, 0.05) is 16.3 Å². The molecule has 4 nitrogen and oxygen atoms in total. The lowest BCUT2D eigenvalue weighted by Gasteiger charge is -2.10. The Hall–Kier alpha value is -1.49. The van der Waals surface area contributed by atoms with Crippen molar-refractivity contribution in [3.63, 3.8) is 0 Å². The molecule has 0 unspecified atom stereocenters. The van der Waals surface area contributed by atoms with Gasteiger partial charge in [-0.1, -0.05) is 12.8 Å². The number of nitrogens with one attached hydrogen (secondary N) is 1. The Bertz CT molecular complexity index is 647. The first kappa shape index (κ1) is 12.5. The highest BCUT2D eigenvalue weighted by molar-refractivity contribution is 7.99. The highest BCUT2D eigenvalue weighted by Gasteiger charge is 2.16. The van der Waals surface area contributed by atoms with Gasteiger partial charge in [0.1, 0.15) is 0 Å². The fourth-order valence-corrected chi connectivity index (χ4v) is 3.79. The molecule has 1 aliphatic carbocycles. The number of aromatic amines is 1. The van der Waals surface area contributed by atoms with E-state index in [4.69, 9.17) is 5.73 Å². The molecule has 3 rings (SSSR count). The number of fused-ring (bicyclic) bond motifs is 1. The molecule has 0 saturated heterocycles. The zero-order chi connectivity index (χ0) is 13.2. The molecule has 5 heteroatoms. The van der Waals surface area contributed by atoms with E-state index >= 15 is 0 Å². The fourth-order valence-electron chi connectivity index (χ4n) is 2.62. The summed E-state index contributed by atoms with van der Waals surface area (Å²) in [4.78, 5) is 19.5. The lowest BCUT2D eigenvalue weighted by molar-refractivity contribution is 0.623. The van der Waals surface area contributed by atoms with Crippen LogP contribution in [0.2, 0.25) is 0 Å². The molecule has 0 spiro atoms. The SMILES string of the molecule is Nc1cc2c(=O)[nH]cnc2cc1SCC1CCCC1. The van der Waals surface area contributed by atoms with Crippen molar-refractivity contribution in [2.45, 2.75) is 30.6 Å². The van der Waals surface area contributed by atoms with Crippen molar-refractivity contribution < 1.29 is 0 Å². The number of rotatable bonds is 3. The monoisotopic (exact) mass is 275 g/mol. The Morgan fingerprint density at radius 1 is 1.37 bits per heavy atom. The summed E-state index contributed by atoms with van der Waals surface area (Å²) < 4.78 is 0. The Labute approximate surface area is 115 Å². The van der Waals surface area contributed by atoms with E-state index in [0.717, 1.165) is 16.6 Å². The number of anilines is 1. The number of hydrogen-bond acceptors (Lipinski definition) is 4. The quantitative estimate of drug-likeness (QED) is 0.667. The van der Waals surface area contributed by atoms with Gasteiger partial charge in [-0.05, 0) is 30.9 Å². The van der Waals surface area contributed by atoms with Crippen LogP contribution in [-0.2, 0) is 0 Å². The number of aromatic nitrogens is 2. The molecular formula is C14H17N3OS. The molecule has 1 aromatic carbocycles. The van der Waals surface area contributed by atoms with Gasteiger partial charge < -0.3 is 10.7 Å². The summed E-state index contributed by atoms with van der Waals surface area (Å²) in [6.45, 7) is 0.